The van der Waals surface area contributed by atoms with Crippen molar-refractivity contribution in [1.29, 1.82) is 0 Å². The van der Waals surface area contributed by atoms with E-state index in [2.05, 4.69) is 74.5 Å². The molecule has 2 aliphatic carbocycles. The highest BCUT2D eigenvalue weighted by atomic mass is 16.1. The van der Waals surface area contributed by atoms with Crippen LogP contribution in [0.5, 0.6) is 0 Å². The molecule has 3 aromatic rings. The third-order valence-corrected chi connectivity index (χ3v) is 7.29. The van der Waals surface area contributed by atoms with Crippen LogP contribution in [0.1, 0.15) is 113 Å². The molecule has 5 rings (SSSR count). The molecule has 0 fully saturated rings. The number of carbonyl (C=O) groups excluding carboxylic acids is 1. The maximum Gasteiger partial charge on any atom is 0.163 e. The summed E-state index contributed by atoms with van der Waals surface area (Å²) in [5.74, 6) is 1.79. The van der Waals surface area contributed by atoms with Crippen LogP contribution in [0.25, 0.3) is 22.5 Å². The predicted octanol–water partition coefficient (Wildman–Crippen LogP) is 8.94. The van der Waals surface area contributed by atoms with Gasteiger partial charge in [0.05, 0.1) is 0 Å². The highest BCUT2D eigenvalue weighted by Crippen LogP contribution is 2.44. The smallest absolute Gasteiger partial charge is 0.163 e. The lowest BCUT2D eigenvalue weighted by molar-refractivity contribution is 0.0994. The van der Waals surface area contributed by atoms with Gasteiger partial charge in [0, 0.05) is 37.0 Å². The molecule has 35 heavy (non-hydrogen) atoms. The molecular formula is C32H44N2O. The summed E-state index contributed by atoms with van der Waals surface area (Å²) in [7, 11) is 2.03. The van der Waals surface area contributed by atoms with Crippen LogP contribution in [0.4, 0.5) is 0 Å². The summed E-state index contributed by atoms with van der Waals surface area (Å²) in [6, 6.07) is 11.0. The molecule has 0 saturated heterocycles. The fraction of sp³-hybridized carbons (Fsp3) is 0.500. The van der Waals surface area contributed by atoms with E-state index in [4.69, 9.17) is 0 Å². The molecule has 0 radical (unpaired) electrons. The van der Waals surface area contributed by atoms with E-state index in [0.29, 0.717) is 18.1 Å². The average Bonchev–Trinajstić information content (AvgIpc) is 3.44. The van der Waals surface area contributed by atoms with Crippen molar-refractivity contribution in [3.05, 3.63) is 65.0 Å². The summed E-state index contributed by atoms with van der Waals surface area (Å²) >= 11 is 0. The number of nitrogens with zero attached hydrogens (tertiary/aromatic N) is 2. The zero-order chi connectivity index (χ0) is 25.4. The Morgan fingerprint density at radius 1 is 0.914 bits per heavy atom. The molecule has 0 bridgehead atoms. The van der Waals surface area contributed by atoms with Gasteiger partial charge < -0.3 is 4.57 Å². The number of benzene rings is 2. The quantitative estimate of drug-likeness (QED) is 0.380. The standard InChI is InChI=1S/C23H22N2O.C5H12.C4H10/c1-14-3-4-15-5-8-18-19(9-10-21(18)26)22(15)20-13-16(6-7-17(14)20)23-24-11-12-25(23)2;1-3-5-4-2;1-3-4-2/h5-8,11-14H,3-4,9-10H2,1-2H3;3-5H2,1-2H3;3-4H2,1-2H3. The van der Waals surface area contributed by atoms with Crippen LogP contribution in [-0.2, 0) is 19.9 Å². The topological polar surface area (TPSA) is 34.9 Å². The summed E-state index contributed by atoms with van der Waals surface area (Å²) in [4.78, 5) is 16.8. The highest BCUT2D eigenvalue weighted by molar-refractivity contribution is 6.03. The second-order valence-electron chi connectivity index (χ2n) is 10.0. The molecule has 1 aromatic heterocycles. The summed E-state index contributed by atoms with van der Waals surface area (Å²) < 4.78 is 2.06. The van der Waals surface area contributed by atoms with Gasteiger partial charge in [-0.1, -0.05) is 91.0 Å². The van der Waals surface area contributed by atoms with E-state index in [1.807, 2.05) is 19.4 Å². The number of unbranched alkanes of at least 4 members (excludes halogenated alkanes) is 3. The van der Waals surface area contributed by atoms with Crippen molar-refractivity contribution in [3.63, 3.8) is 0 Å². The minimum atomic E-state index is 0.293. The molecule has 0 aliphatic heterocycles. The summed E-state index contributed by atoms with van der Waals surface area (Å²) in [6.07, 6.45) is 14.3. The average molecular weight is 473 g/mol. The van der Waals surface area contributed by atoms with Crippen molar-refractivity contribution < 1.29 is 4.79 Å². The Bertz CT molecular complexity index is 1120. The number of fused-ring (bicyclic) bond motifs is 5. The van der Waals surface area contributed by atoms with E-state index in [1.54, 1.807) is 0 Å². The van der Waals surface area contributed by atoms with Crippen molar-refractivity contribution in [3.8, 4) is 22.5 Å². The van der Waals surface area contributed by atoms with Crippen LogP contribution in [0, 0.1) is 0 Å². The van der Waals surface area contributed by atoms with Crippen LogP contribution in [0.15, 0.2) is 42.7 Å². The van der Waals surface area contributed by atoms with Crippen LogP contribution in [0.2, 0.25) is 0 Å². The van der Waals surface area contributed by atoms with E-state index in [0.717, 1.165) is 36.2 Å². The lowest BCUT2D eigenvalue weighted by atomic mass is 9.87. The fourth-order valence-corrected chi connectivity index (χ4v) is 5.00. The van der Waals surface area contributed by atoms with Gasteiger partial charge in [0.1, 0.15) is 5.82 Å². The number of hydrogen-bond donors (Lipinski definition) is 0. The number of carbonyl (C=O) groups is 1. The fourth-order valence-electron chi connectivity index (χ4n) is 5.00. The number of imidazole rings is 1. The van der Waals surface area contributed by atoms with Gasteiger partial charge in [-0.05, 0) is 59.1 Å². The van der Waals surface area contributed by atoms with Gasteiger partial charge >= 0.3 is 0 Å². The molecule has 1 heterocycles. The number of ketones is 1. The summed E-state index contributed by atoms with van der Waals surface area (Å²) in [5, 5.41) is 0. The van der Waals surface area contributed by atoms with Gasteiger partial charge in [-0.2, -0.15) is 0 Å². The van der Waals surface area contributed by atoms with Crippen molar-refractivity contribution in [2.24, 2.45) is 7.05 Å². The number of Topliss-reactive ketones (excluding diaryl/α,β-unsaturated/α-hetero) is 1. The Morgan fingerprint density at radius 3 is 2.26 bits per heavy atom. The Kier molecular flexibility index (Phi) is 9.89. The number of aromatic nitrogens is 2. The highest BCUT2D eigenvalue weighted by Gasteiger charge is 2.28. The van der Waals surface area contributed by atoms with Crippen molar-refractivity contribution in [2.45, 2.75) is 98.3 Å². The second kappa shape index (κ2) is 12.9. The second-order valence-corrected chi connectivity index (χ2v) is 10.0. The molecule has 0 N–H and O–H groups in total. The SMILES string of the molecule is CC1CCc2ccc3c(c2-c2cc(-c4nccn4C)ccc21)CCC3=O.CCCC.CCCCC. The third kappa shape index (κ3) is 6.12. The van der Waals surface area contributed by atoms with Crippen molar-refractivity contribution >= 4 is 5.78 Å². The summed E-state index contributed by atoms with van der Waals surface area (Å²) in [5.41, 5.74) is 8.75. The van der Waals surface area contributed by atoms with Crippen LogP contribution >= 0.6 is 0 Å². The molecule has 1 atom stereocenters. The molecule has 2 aromatic carbocycles. The monoisotopic (exact) mass is 472 g/mol. The lowest BCUT2D eigenvalue weighted by Crippen LogP contribution is -1.99. The van der Waals surface area contributed by atoms with E-state index < -0.39 is 0 Å². The summed E-state index contributed by atoms with van der Waals surface area (Å²) in [6.45, 7) is 11.1. The van der Waals surface area contributed by atoms with Gasteiger partial charge in [-0.15, -0.1) is 0 Å². The first-order valence-corrected chi connectivity index (χ1v) is 13.8. The van der Waals surface area contributed by atoms with Crippen LogP contribution < -0.4 is 0 Å². The van der Waals surface area contributed by atoms with Gasteiger partial charge in [0.25, 0.3) is 0 Å². The van der Waals surface area contributed by atoms with Gasteiger partial charge in [-0.3, -0.25) is 4.79 Å². The minimum Gasteiger partial charge on any atom is -0.334 e. The Balaban J connectivity index is 0.000000330. The number of hydrogen-bond acceptors (Lipinski definition) is 2. The largest absolute Gasteiger partial charge is 0.334 e. The first kappa shape index (κ1) is 26.9. The van der Waals surface area contributed by atoms with E-state index in [-0.39, 0.29) is 0 Å². The molecule has 0 saturated carbocycles. The van der Waals surface area contributed by atoms with Gasteiger partial charge in [0.2, 0.25) is 0 Å². The van der Waals surface area contributed by atoms with E-state index in [9.17, 15) is 4.79 Å². The zero-order valence-corrected chi connectivity index (χ0v) is 22.8. The molecule has 3 heteroatoms. The zero-order valence-electron chi connectivity index (χ0n) is 22.8. The first-order valence-electron chi connectivity index (χ1n) is 13.8. The van der Waals surface area contributed by atoms with Crippen molar-refractivity contribution in [2.75, 3.05) is 0 Å². The first-order chi connectivity index (χ1) is 17.0. The molecular weight excluding hydrogens is 428 g/mol. The molecule has 188 valence electrons. The van der Waals surface area contributed by atoms with Crippen molar-refractivity contribution in [1.82, 2.24) is 9.55 Å². The maximum absolute atomic E-state index is 12.3. The Morgan fingerprint density at radius 2 is 1.66 bits per heavy atom. The molecule has 0 spiro atoms. The maximum atomic E-state index is 12.3. The molecule has 2 aliphatic rings. The van der Waals surface area contributed by atoms with Crippen LogP contribution in [-0.4, -0.2) is 15.3 Å². The van der Waals surface area contributed by atoms with E-state index >= 15 is 0 Å². The number of rotatable bonds is 4. The molecule has 3 nitrogen and oxygen atoms in total. The van der Waals surface area contributed by atoms with Gasteiger partial charge in [0.15, 0.2) is 5.78 Å². The Hall–Kier alpha value is -2.68. The van der Waals surface area contributed by atoms with Crippen LogP contribution in [0.3, 0.4) is 0 Å². The lowest BCUT2D eigenvalue weighted by Gasteiger charge is -2.17. The van der Waals surface area contributed by atoms with Gasteiger partial charge in [-0.25, -0.2) is 4.98 Å². The minimum absolute atomic E-state index is 0.293. The Labute approximate surface area is 213 Å². The van der Waals surface area contributed by atoms with E-state index in [1.165, 1.54) is 59.9 Å². The number of aryl methyl sites for hydroxylation is 2. The normalized spacial score (nSPS) is 15.6. The molecule has 1 unspecified atom stereocenters. The third-order valence-electron chi connectivity index (χ3n) is 7.29. The molecule has 0 amide bonds. The predicted molar refractivity (Wildman–Crippen MR) is 149 cm³/mol.